The van der Waals surface area contributed by atoms with E-state index >= 15 is 0 Å². The lowest BCUT2D eigenvalue weighted by Gasteiger charge is -2.42. The third-order valence-electron chi connectivity index (χ3n) is 4.13. The molecule has 1 unspecified atom stereocenters. The normalized spacial score (nSPS) is 28.2. The van der Waals surface area contributed by atoms with Gasteiger partial charge in [-0.05, 0) is 32.1 Å². The summed E-state index contributed by atoms with van der Waals surface area (Å²) < 4.78 is 11.4. The number of hydrogen-bond donors (Lipinski definition) is 0. The van der Waals surface area contributed by atoms with Crippen molar-refractivity contribution in [2.24, 2.45) is 5.92 Å². The van der Waals surface area contributed by atoms with Crippen LogP contribution in [0.4, 0.5) is 0 Å². The number of carbonyl (C=O) groups is 1. The maximum absolute atomic E-state index is 12.1. The smallest absolute Gasteiger partial charge is 0.136 e. The van der Waals surface area contributed by atoms with E-state index in [-0.39, 0.29) is 11.5 Å². The zero-order valence-electron chi connectivity index (χ0n) is 10.9. The molecule has 0 saturated carbocycles. The van der Waals surface area contributed by atoms with E-state index in [1.54, 1.807) is 0 Å². The average Bonchev–Trinajstić information content (AvgIpc) is 2.37. The topological polar surface area (TPSA) is 35.5 Å². The highest BCUT2D eigenvalue weighted by Crippen LogP contribution is 2.37. The summed E-state index contributed by atoms with van der Waals surface area (Å²) in [5, 5.41) is 0. The molecule has 17 heavy (non-hydrogen) atoms. The molecule has 0 aromatic carbocycles. The van der Waals surface area contributed by atoms with Gasteiger partial charge in [-0.25, -0.2) is 0 Å². The monoisotopic (exact) mass is 240 g/mol. The highest BCUT2D eigenvalue weighted by molar-refractivity contribution is 5.81. The van der Waals surface area contributed by atoms with E-state index in [1.165, 1.54) is 0 Å². The van der Waals surface area contributed by atoms with E-state index in [9.17, 15) is 4.79 Å². The molecule has 0 N–H and O–H groups in total. The van der Waals surface area contributed by atoms with Crippen LogP contribution in [0.2, 0.25) is 0 Å². The Hall–Kier alpha value is -0.410. The van der Waals surface area contributed by atoms with Crippen LogP contribution in [0.1, 0.15) is 51.9 Å². The van der Waals surface area contributed by atoms with Gasteiger partial charge >= 0.3 is 0 Å². The molecular formula is C14H24O3. The second-order valence-electron chi connectivity index (χ2n) is 5.40. The number of Topliss-reactive ketones (excluding diaryl/α,β-unsaturated/α-hetero) is 1. The molecule has 2 fully saturated rings. The van der Waals surface area contributed by atoms with Crippen molar-refractivity contribution in [3.05, 3.63) is 0 Å². The molecule has 0 radical (unpaired) electrons. The van der Waals surface area contributed by atoms with Crippen LogP contribution in [-0.2, 0) is 14.3 Å². The SMILES string of the molecule is CCCCC(=O)C1CCOC2(CCOCC2)C1. The van der Waals surface area contributed by atoms with Gasteiger partial charge in [-0.15, -0.1) is 0 Å². The molecule has 0 aromatic rings. The summed E-state index contributed by atoms with van der Waals surface area (Å²) in [6.45, 7) is 4.46. The van der Waals surface area contributed by atoms with E-state index in [4.69, 9.17) is 9.47 Å². The van der Waals surface area contributed by atoms with E-state index < -0.39 is 0 Å². The summed E-state index contributed by atoms with van der Waals surface area (Å²) in [5.74, 6) is 0.703. The number of unbranched alkanes of at least 4 members (excludes halogenated alkanes) is 1. The first-order valence-electron chi connectivity index (χ1n) is 7.00. The van der Waals surface area contributed by atoms with Crippen LogP contribution >= 0.6 is 0 Å². The van der Waals surface area contributed by atoms with Crippen molar-refractivity contribution in [3.63, 3.8) is 0 Å². The van der Waals surface area contributed by atoms with Crippen LogP contribution in [0.25, 0.3) is 0 Å². The molecule has 2 aliphatic rings. The first-order chi connectivity index (χ1) is 8.26. The van der Waals surface area contributed by atoms with Crippen molar-refractivity contribution in [3.8, 4) is 0 Å². The van der Waals surface area contributed by atoms with Gasteiger partial charge in [0.2, 0.25) is 0 Å². The van der Waals surface area contributed by atoms with Crippen LogP contribution in [0.5, 0.6) is 0 Å². The molecule has 3 heteroatoms. The third-order valence-corrected chi connectivity index (χ3v) is 4.13. The van der Waals surface area contributed by atoms with Crippen molar-refractivity contribution in [1.82, 2.24) is 0 Å². The van der Waals surface area contributed by atoms with Crippen molar-refractivity contribution >= 4 is 5.78 Å². The molecule has 0 aliphatic carbocycles. The van der Waals surface area contributed by atoms with E-state index in [0.29, 0.717) is 5.78 Å². The summed E-state index contributed by atoms with van der Waals surface area (Å²) >= 11 is 0. The molecule has 1 spiro atoms. The van der Waals surface area contributed by atoms with Gasteiger partial charge < -0.3 is 9.47 Å². The molecule has 2 heterocycles. The minimum absolute atomic E-state index is 0.0386. The van der Waals surface area contributed by atoms with Crippen molar-refractivity contribution in [2.45, 2.75) is 57.5 Å². The second kappa shape index (κ2) is 5.96. The largest absolute Gasteiger partial charge is 0.381 e. The van der Waals surface area contributed by atoms with Gasteiger partial charge in [0.15, 0.2) is 0 Å². The molecule has 3 nitrogen and oxygen atoms in total. The Kier molecular flexibility index (Phi) is 4.57. The molecular weight excluding hydrogens is 216 g/mol. The lowest BCUT2D eigenvalue weighted by molar-refractivity contribution is -0.157. The van der Waals surface area contributed by atoms with Gasteiger partial charge in [0.1, 0.15) is 5.78 Å². The fourth-order valence-electron chi connectivity index (χ4n) is 2.95. The van der Waals surface area contributed by atoms with Crippen LogP contribution < -0.4 is 0 Å². The maximum atomic E-state index is 12.1. The Labute approximate surface area is 104 Å². The average molecular weight is 240 g/mol. The first kappa shape index (κ1) is 13.0. The van der Waals surface area contributed by atoms with Crippen LogP contribution in [-0.4, -0.2) is 31.2 Å². The van der Waals surface area contributed by atoms with Crippen LogP contribution in [0, 0.1) is 5.92 Å². The molecule has 2 aliphatic heterocycles. The van der Waals surface area contributed by atoms with Gasteiger partial charge in [-0.3, -0.25) is 4.79 Å². The van der Waals surface area contributed by atoms with Crippen molar-refractivity contribution in [2.75, 3.05) is 19.8 Å². The molecule has 0 amide bonds. The number of ketones is 1. The molecule has 98 valence electrons. The minimum Gasteiger partial charge on any atom is -0.381 e. The Balaban J connectivity index is 1.89. The lowest BCUT2D eigenvalue weighted by atomic mass is 9.78. The van der Waals surface area contributed by atoms with E-state index in [1.807, 2.05) is 0 Å². The second-order valence-corrected chi connectivity index (χ2v) is 5.40. The van der Waals surface area contributed by atoms with Crippen molar-refractivity contribution in [1.29, 1.82) is 0 Å². The molecule has 0 aromatic heterocycles. The van der Waals surface area contributed by atoms with Gasteiger partial charge in [-0.1, -0.05) is 13.3 Å². The van der Waals surface area contributed by atoms with Gasteiger partial charge in [0.05, 0.1) is 5.60 Å². The quantitative estimate of drug-likeness (QED) is 0.758. The summed E-state index contributed by atoms with van der Waals surface area (Å²) in [5.41, 5.74) is -0.0386. The number of carbonyl (C=O) groups excluding carboxylic acids is 1. The Morgan fingerprint density at radius 1 is 1.29 bits per heavy atom. The highest BCUT2D eigenvalue weighted by atomic mass is 16.5. The predicted molar refractivity (Wildman–Crippen MR) is 66.0 cm³/mol. The Morgan fingerprint density at radius 2 is 2.06 bits per heavy atom. The molecule has 2 rings (SSSR count). The molecule has 2 saturated heterocycles. The fraction of sp³-hybridized carbons (Fsp3) is 0.929. The molecule has 1 atom stereocenters. The lowest BCUT2D eigenvalue weighted by Crippen LogP contribution is -2.45. The zero-order valence-corrected chi connectivity index (χ0v) is 10.9. The number of hydrogen-bond acceptors (Lipinski definition) is 3. The Morgan fingerprint density at radius 3 is 2.76 bits per heavy atom. The summed E-state index contributed by atoms with van der Waals surface area (Å²) in [7, 11) is 0. The standard InChI is InChI=1S/C14H24O3/c1-2-3-4-13(15)12-5-8-17-14(11-12)6-9-16-10-7-14/h12H,2-11H2,1H3. The van der Waals surface area contributed by atoms with Gasteiger partial charge in [0, 0.05) is 32.2 Å². The summed E-state index contributed by atoms with van der Waals surface area (Å²) in [6, 6.07) is 0. The first-order valence-corrected chi connectivity index (χ1v) is 7.00. The van der Waals surface area contributed by atoms with Gasteiger partial charge in [-0.2, -0.15) is 0 Å². The van der Waals surface area contributed by atoms with Crippen LogP contribution in [0.3, 0.4) is 0 Å². The zero-order chi connectivity index (χ0) is 12.1. The summed E-state index contributed by atoms with van der Waals surface area (Å²) in [6.07, 6.45) is 6.67. The summed E-state index contributed by atoms with van der Waals surface area (Å²) in [4.78, 5) is 12.1. The van der Waals surface area contributed by atoms with Crippen molar-refractivity contribution < 1.29 is 14.3 Å². The fourth-order valence-corrected chi connectivity index (χ4v) is 2.95. The third kappa shape index (κ3) is 3.29. The van der Waals surface area contributed by atoms with Gasteiger partial charge in [0.25, 0.3) is 0 Å². The maximum Gasteiger partial charge on any atom is 0.136 e. The highest BCUT2D eigenvalue weighted by Gasteiger charge is 2.40. The Bertz CT molecular complexity index is 251. The minimum atomic E-state index is -0.0386. The number of ether oxygens (including phenoxy) is 2. The van der Waals surface area contributed by atoms with E-state index in [0.717, 1.165) is 64.8 Å². The predicted octanol–water partition coefficient (Wildman–Crippen LogP) is 2.72. The molecule has 0 bridgehead atoms. The van der Waals surface area contributed by atoms with Crippen LogP contribution in [0.15, 0.2) is 0 Å². The number of rotatable bonds is 4. The van der Waals surface area contributed by atoms with E-state index in [2.05, 4.69) is 6.92 Å².